The summed E-state index contributed by atoms with van der Waals surface area (Å²) < 4.78 is 0. The van der Waals surface area contributed by atoms with Crippen LogP contribution in [-0.4, -0.2) is 31.0 Å². The fourth-order valence-corrected chi connectivity index (χ4v) is 2.91. The Morgan fingerprint density at radius 1 is 1.13 bits per heavy atom. The van der Waals surface area contributed by atoms with E-state index in [-0.39, 0.29) is 5.91 Å². The molecule has 3 rings (SSSR count). The van der Waals surface area contributed by atoms with E-state index in [2.05, 4.69) is 16.8 Å². The van der Waals surface area contributed by atoms with Gasteiger partial charge >= 0.3 is 0 Å². The Kier molecular flexibility index (Phi) is 4.60. The first-order chi connectivity index (χ1) is 11.1. The van der Waals surface area contributed by atoms with Gasteiger partial charge in [0.25, 0.3) is 5.91 Å². The molecule has 1 aliphatic heterocycles. The quantitative estimate of drug-likeness (QED) is 0.869. The van der Waals surface area contributed by atoms with Crippen molar-refractivity contribution in [1.82, 2.24) is 4.98 Å². The van der Waals surface area contributed by atoms with Crippen LogP contribution in [-0.2, 0) is 0 Å². The lowest BCUT2D eigenvalue weighted by atomic mass is 9.99. The van der Waals surface area contributed by atoms with Crippen LogP contribution in [0.1, 0.15) is 30.3 Å². The summed E-state index contributed by atoms with van der Waals surface area (Å²) >= 11 is 0. The minimum absolute atomic E-state index is 0.0879. The van der Waals surface area contributed by atoms with Crippen LogP contribution in [0.5, 0.6) is 0 Å². The molecule has 1 saturated heterocycles. The largest absolute Gasteiger partial charge is 0.370 e. The third-order valence-electron chi connectivity index (χ3n) is 4.56. The van der Waals surface area contributed by atoms with Gasteiger partial charge in [0.1, 0.15) is 5.69 Å². The average Bonchev–Trinajstić information content (AvgIpc) is 2.62. The summed E-state index contributed by atoms with van der Waals surface area (Å²) in [6.07, 6.45) is 4.26. The highest BCUT2D eigenvalue weighted by atomic mass is 16.2. The van der Waals surface area contributed by atoms with Gasteiger partial charge in [0.15, 0.2) is 0 Å². The maximum atomic E-state index is 12.5. The van der Waals surface area contributed by atoms with Gasteiger partial charge < -0.3 is 9.80 Å². The number of carbonyl (C=O) groups excluding carboxylic acids is 1. The highest BCUT2D eigenvalue weighted by Crippen LogP contribution is 2.22. The zero-order valence-electron chi connectivity index (χ0n) is 13.8. The van der Waals surface area contributed by atoms with Crippen LogP contribution in [0.15, 0.2) is 48.7 Å². The lowest BCUT2D eigenvalue weighted by Gasteiger charge is -2.31. The zero-order valence-corrected chi connectivity index (χ0v) is 13.8. The van der Waals surface area contributed by atoms with E-state index in [0.29, 0.717) is 5.69 Å². The third kappa shape index (κ3) is 3.52. The lowest BCUT2D eigenvalue weighted by molar-refractivity contribution is 0.0988. The predicted molar refractivity (Wildman–Crippen MR) is 94.0 cm³/mol. The van der Waals surface area contributed by atoms with Gasteiger partial charge in [-0.1, -0.05) is 25.1 Å². The van der Waals surface area contributed by atoms with Crippen LogP contribution >= 0.6 is 0 Å². The standard InChI is InChI=1S/C19H23N3O/c1-15-10-12-22(13-11-15)17-8-9-18(20-14-17)19(23)21(2)16-6-4-3-5-7-16/h3-9,14-15H,10-13H2,1-2H3. The summed E-state index contributed by atoms with van der Waals surface area (Å²) in [5.74, 6) is 0.717. The summed E-state index contributed by atoms with van der Waals surface area (Å²) in [5.41, 5.74) is 2.45. The van der Waals surface area contributed by atoms with E-state index in [1.807, 2.05) is 48.7 Å². The minimum atomic E-state index is -0.0879. The zero-order chi connectivity index (χ0) is 16.2. The molecular weight excluding hydrogens is 286 g/mol. The highest BCUT2D eigenvalue weighted by Gasteiger charge is 2.18. The van der Waals surface area contributed by atoms with Crippen LogP contribution in [0.4, 0.5) is 11.4 Å². The minimum Gasteiger partial charge on any atom is -0.370 e. The first-order valence-electron chi connectivity index (χ1n) is 8.19. The molecule has 0 bridgehead atoms. The fraction of sp³-hybridized carbons (Fsp3) is 0.368. The number of carbonyl (C=O) groups is 1. The molecule has 120 valence electrons. The van der Waals surface area contributed by atoms with Gasteiger partial charge in [-0.05, 0) is 43.0 Å². The Labute approximate surface area is 137 Å². The van der Waals surface area contributed by atoms with E-state index < -0.39 is 0 Å². The normalized spacial score (nSPS) is 15.5. The number of para-hydroxylation sites is 1. The first kappa shape index (κ1) is 15.5. The molecule has 23 heavy (non-hydrogen) atoms. The molecule has 0 saturated carbocycles. The molecule has 1 amide bonds. The van der Waals surface area contributed by atoms with Crippen LogP contribution in [0.2, 0.25) is 0 Å². The van der Waals surface area contributed by atoms with Crippen LogP contribution in [0.25, 0.3) is 0 Å². The van der Waals surface area contributed by atoms with E-state index in [4.69, 9.17) is 0 Å². The molecule has 2 aromatic rings. The second-order valence-corrected chi connectivity index (χ2v) is 6.27. The van der Waals surface area contributed by atoms with Gasteiger partial charge in [0, 0.05) is 25.8 Å². The SMILES string of the molecule is CC1CCN(c2ccc(C(=O)N(C)c3ccccc3)nc2)CC1. The van der Waals surface area contributed by atoms with Crippen molar-refractivity contribution in [2.24, 2.45) is 5.92 Å². The van der Waals surface area contributed by atoms with Crippen molar-refractivity contribution in [3.05, 3.63) is 54.4 Å². The number of anilines is 2. The molecule has 4 heteroatoms. The lowest BCUT2D eigenvalue weighted by Crippen LogP contribution is -2.33. The Hall–Kier alpha value is -2.36. The molecule has 1 aromatic carbocycles. The predicted octanol–water partition coefficient (Wildman–Crippen LogP) is 3.59. The molecule has 0 N–H and O–H groups in total. The van der Waals surface area contributed by atoms with Crippen molar-refractivity contribution in [1.29, 1.82) is 0 Å². The Morgan fingerprint density at radius 3 is 2.43 bits per heavy atom. The maximum Gasteiger partial charge on any atom is 0.276 e. The number of benzene rings is 1. The number of nitrogens with zero attached hydrogens (tertiary/aromatic N) is 3. The molecular formula is C19H23N3O. The molecule has 2 heterocycles. The molecule has 1 aliphatic rings. The van der Waals surface area contributed by atoms with Gasteiger partial charge in [0.2, 0.25) is 0 Å². The molecule has 1 fully saturated rings. The van der Waals surface area contributed by atoms with Crippen molar-refractivity contribution >= 4 is 17.3 Å². The van der Waals surface area contributed by atoms with Crippen LogP contribution < -0.4 is 9.80 Å². The van der Waals surface area contributed by atoms with Gasteiger partial charge in [0.05, 0.1) is 11.9 Å². The molecule has 0 radical (unpaired) electrons. The molecule has 0 spiro atoms. The van der Waals surface area contributed by atoms with Gasteiger partial charge in [-0.15, -0.1) is 0 Å². The topological polar surface area (TPSA) is 36.4 Å². The maximum absolute atomic E-state index is 12.5. The van der Waals surface area contributed by atoms with Crippen molar-refractivity contribution in [2.45, 2.75) is 19.8 Å². The van der Waals surface area contributed by atoms with Crippen molar-refractivity contribution < 1.29 is 4.79 Å². The number of rotatable bonds is 3. The van der Waals surface area contributed by atoms with E-state index in [9.17, 15) is 4.79 Å². The molecule has 0 atom stereocenters. The summed E-state index contributed by atoms with van der Waals surface area (Å²) in [4.78, 5) is 20.9. The van der Waals surface area contributed by atoms with Crippen molar-refractivity contribution in [3.63, 3.8) is 0 Å². The smallest absolute Gasteiger partial charge is 0.276 e. The Balaban J connectivity index is 1.70. The summed E-state index contributed by atoms with van der Waals surface area (Å²) in [5, 5.41) is 0. The average molecular weight is 309 g/mol. The highest BCUT2D eigenvalue weighted by molar-refractivity contribution is 6.04. The van der Waals surface area contributed by atoms with Crippen LogP contribution in [0.3, 0.4) is 0 Å². The fourth-order valence-electron chi connectivity index (χ4n) is 2.91. The number of piperidine rings is 1. The van der Waals surface area contributed by atoms with E-state index in [1.165, 1.54) is 12.8 Å². The first-order valence-corrected chi connectivity index (χ1v) is 8.19. The number of amides is 1. The molecule has 1 aromatic heterocycles. The third-order valence-corrected chi connectivity index (χ3v) is 4.56. The second kappa shape index (κ2) is 6.82. The number of hydrogen-bond acceptors (Lipinski definition) is 3. The Bertz CT molecular complexity index is 646. The van der Waals surface area contributed by atoms with Crippen LogP contribution in [0, 0.1) is 5.92 Å². The number of pyridine rings is 1. The van der Waals surface area contributed by atoms with Gasteiger partial charge in [-0.2, -0.15) is 0 Å². The van der Waals surface area contributed by atoms with E-state index in [1.54, 1.807) is 11.9 Å². The van der Waals surface area contributed by atoms with Crippen molar-refractivity contribution in [3.8, 4) is 0 Å². The monoisotopic (exact) mass is 309 g/mol. The summed E-state index contributed by atoms with van der Waals surface area (Å²) in [7, 11) is 1.78. The summed E-state index contributed by atoms with van der Waals surface area (Å²) in [6, 6.07) is 13.5. The Morgan fingerprint density at radius 2 is 1.83 bits per heavy atom. The van der Waals surface area contributed by atoms with Crippen molar-refractivity contribution in [2.75, 3.05) is 29.9 Å². The molecule has 0 aliphatic carbocycles. The van der Waals surface area contributed by atoms with Gasteiger partial charge in [-0.25, -0.2) is 4.98 Å². The molecule has 4 nitrogen and oxygen atoms in total. The number of hydrogen-bond donors (Lipinski definition) is 0. The number of aromatic nitrogens is 1. The second-order valence-electron chi connectivity index (χ2n) is 6.27. The van der Waals surface area contributed by atoms with E-state index >= 15 is 0 Å². The summed E-state index contributed by atoms with van der Waals surface area (Å²) in [6.45, 7) is 4.44. The molecule has 0 unspecified atom stereocenters. The van der Waals surface area contributed by atoms with Gasteiger partial charge in [-0.3, -0.25) is 4.79 Å². The van der Waals surface area contributed by atoms with E-state index in [0.717, 1.165) is 30.4 Å².